The summed E-state index contributed by atoms with van der Waals surface area (Å²) in [6.45, 7) is 1.69. The molecule has 3 rings (SSSR count). The van der Waals surface area contributed by atoms with E-state index >= 15 is 0 Å². The Morgan fingerprint density at radius 1 is 0.941 bits per heavy atom. The highest BCUT2D eigenvalue weighted by Gasteiger charge is 2.71. The zero-order valence-electron chi connectivity index (χ0n) is 17.8. The van der Waals surface area contributed by atoms with Gasteiger partial charge in [0.1, 0.15) is 10.6 Å². The van der Waals surface area contributed by atoms with Crippen molar-refractivity contribution < 1.29 is 44.3 Å². The number of alkyl halides is 6. The quantitative estimate of drug-likeness (QED) is 0.448. The Labute approximate surface area is 191 Å². The van der Waals surface area contributed by atoms with E-state index in [0.29, 0.717) is 12.1 Å². The SMILES string of the molecule is C[C@@H]1C[C@](c2ccc(C(O)(C(F)(F)F)C(F)(F)F)cc2)(S(=O)(=O)c2ccc(F)cc2)CCC1N. The lowest BCUT2D eigenvalue weighted by atomic mass is 9.75. The number of aliphatic hydroxyl groups is 1. The van der Waals surface area contributed by atoms with Crippen molar-refractivity contribution in [3.8, 4) is 0 Å². The van der Waals surface area contributed by atoms with E-state index in [4.69, 9.17) is 5.73 Å². The van der Waals surface area contributed by atoms with Crippen molar-refractivity contribution in [2.24, 2.45) is 11.7 Å². The molecule has 2 aromatic rings. The fourth-order valence-corrected chi connectivity index (χ4v) is 6.72. The summed E-state index contributed by atoms with van der Waals surface area (Å²) in [7, 11) is -4.28. The van der Waals surface area contributed by atoms with E-state index in [1.807, 2.05) is 0 Å². The van der Waals surface area contributed by atoms with E-state index in [9.17, 15) is 44.3 Å². The van der Waals surface area contributed by atoms with E-state index in [2.05, 4.69) is 0 Å². The number of sulfone groups is 1. The van der Waals surface area contributed by atoms with Crippen molar-refractivity contribution in [1.82, 2.24) is 0 Å². The number of hydrogen-bond acceptors (Lipinski definition) is 4. The zero-order valence-corrected chi connectivity index (χ0v) is 18.6. The maximum Gasteiger partial charge on any atom is 0.430 e. The summed E-state index contributed by atoms with van der Waals surface area (Å²) in [5.41, 5.74) is -0.651. The van der Waals surface area contributed by atoms with Gasteiger partial charge in [-0.1, -0.05) is 31.2 Å². The molecule has 1 saturated carbocycles. The van der Waals surface area contributed by atoms with E-state index in [1.54, 1.807) is 6.92 Å². The fourth-order valence-electron chi connectivity index (χ4n) is 4.46. The van der Waals surface area contributed by atoms with E-state index < -0.39 is 43.9 Å². The summed E-state index contributed by atoms with van der Waals surface area (Å²) in [4.78, 5) is -0.247. The van der Waals surface area contributed by atoms with Crippen molar-refractivity contribution in [3.63, 3.8) is 0 Å². The number of benzene rings is 2. The van der Waals surface area contributed by atoms with Gasteiger partial charge >= 0.3 is 12.4 Å². The normalized spacial score (nSPS) is 24.8. The van der Waals surface area contributed by atoms with Gasteiger partial charge in [-0.25, -0.2) is 12.8 Å². The fraction of sp³-hybridized carbons (Fsp3) is 0.455. The summed E-state index contributed by atoms with van der Waals surface area (Å²) in [5.74, 6) is -1.04. The first-order valence-corrected chi connectivity index (χ1v) is 11.7. The Kier molecular flexibility index (Phi) is 6.60. The first-order chi connectivity index (χ1) is 15.5. The standard InChI is InChI=1S/C22H22F7NO3S/c1-13-12-19(11-10-18(13)30,34(32,33)17-8-6-16(23)7-9-17)14-2-4-15(5-3-14)20(31,21(24,25)26)22(27,28)29/h2-9,13,18,31H,10-12,30H2,1H3/t13-,18?,19-/m1/s1. The predicted molar refractivity (Wildman–Crippen MR) is 109 cm³/mol. The van der Waals surface area contributed by atoms with Gasteiger partial charge in [0.05, 0.1) is 4.90 Å². The number of nitrogens with two attached hydrogens (primary N) is 1. The largest absolute Gasteiger partial charge is 0.430 e. The Hall–Kier alpha value is -2.18. The minimum absolute atomic E-state index is 0.0500. The van der Waals surface area contributed by atoms with Crippen molar-refractivity contribution >= 4 is 9.84 Å². The van der Waals surface area contributed by atoms with Crippen LogP contribution in [-0.2, 0) is 20.2 Å². The van der Waals surface area contributed by atoms with Crippen LogP contribution in [0.2, 0.25) is 0 Å². The van der Waals surface area contributed by atoms with Gasteiger partial charge in [-0.15, -0.1) is 0 Å². The summed E-state index contributed by atoms with van der Waals surface area (Å²) in [6.07, 6.45) is -12.0. The monoisotopic (exact) mass is 513 g/mol. The average Bonchev–Trinajstić information content (AvgIpc) is 2.74. The summed E-state index contributed by atoms with van der Waals surface area (Å²) >= 11 is 0. The van der Waals surface area contributed by atoms with Gasteiger partial charge in [0, 0.05) is 11.6 Å². The molecule has 0 saturated heterocycles. The summed E-state index contributed by atoms with van der Waals surface area (Å²) in [6, 6.07) is 6.16. The predicted octanol–water partition coefficient (Wildman–Crippen LogP) is 4.95. The highest BCUT2D eigenvalue weighted by Crippen LogP contribution is 2.52. The topological polar surface area (TPSA) is 80.4 Å². The molecule has 188 valence electrons. The lowest BCUT2D eigenvalue weighted by Gasteiger charge is -2.42. The molecule has 0 aromatic heterocycles. The third-order valence-electron chi connectivity index (χ3n) is 6.55. The zero-order chi connectivity index (χ0) is 25.7. The first kappa shape index (κ1) is 26.4. The van der Waals surface area contributed by atoms with Crippen LogP contribution in [0.4, 0.5) is 30.7 Å². The minimum atomic E-state index is -6.07. The molecule has 1 fully saturated rings. The van der Waals surface area contributed by atoms with Crippen molar-refractivity contribution in [3.05, 3.63) is 65.5 Å². The van der Waals surface area contributed by atoms with Crippen LogP contribution in [0, 0.1) is 11.7 Å². The molecule has 12 heteroatoms. The number of halogens is 7. The minimum Gasteiger partial charge on any atom is -0.369 e. The Balaban J connectivity index is 2.18. The second kappa shape index (κ2) is 8.49. The second-order valence-electron chi connectivity index (χ2n) is 8.62. The Morgan fingerprint density at radius 3 is 1.88 bits per heavy atom. The maximum atomic E-state index is 13.7. The van der Waals surface area contributed by atoms with Crippen LogP contribution in [-0.4, -0.2) is 31.9 Å². The molecular weight excluding hydrogens is 491 g/mol. The molecule has 2 aromatic carbocycles. The van der Waals surface area contributed by atoms with Crippen LogP contribution >= 0.6 is 0 Å². The van der Waals surface area contributed by atoms with Crippen LogP contribution in [0.3, 0.4) is 0 Å². The lowest BCUT2D eigenvalue weighted by Crippen LogP contribution is -2.54. The smallest absolute Gasteiger partial charge is 0.369 e. The second-order valence-corrected chi connectivity index (χ2v) is 10.9. The Morgan fingerprint density at radius 2 is 1.44 bits per heavy atom. The first-order valence-electron chi connectivity index (χ1n) is 10.2. The highest BCUT2D eigenvalue weighted by molar-refractivity contribution is 7.92. The molecule has 0 bridgehead atoms. The van der Waals surface area contributed by atoms with Crippen LogP contribution in [0.1, 0.15) is 37.3 Å². The maximum absolute atomic E-state index is 13.7. The molecule has 1 aliphatic carbocycles. The van der Waals surface area contributed by atoms with Crippen LogP contribution < -0.4 is 5.73 Å². The van der Waals surface area contributed by atoms with Gasteiger partial charge in [0.2, 0.25) is 0 Å². The molecule has 3 N–H and O–H groups in total. The van der Waals surface area contributed by atoms with Gasteiger partial charge in [-0.05, 0) is 55.0 Å². The molecular formula is C22H22F7NO3S. The molecule has 0 amide bonds. The van der Waals surface area contributed by atoms with E-state index in [0.717, 1.165) is 36.4 Å². The molecule has 0 heterocycles. The van der Waals surface area contributed by atoms with Gasteiger partial charge in [0.25, 0.3) is 5.60 Å². The van der Waals surface area contributed by atoms with Crippen LogP contribution in [0.25, 0.3) is 0 Å². The average molecular weight is 513 g/mol. The van der Waals surface area contributed by atoms with Crippen molar-refractivity contribution in [1.29, 1.82) is 0 Å². The third-order valence-corrected chi connectivity index (χ3v) is 9.08. The molecule has 34 heavy (non-hydrogen) atoms. The molecule has 1 unspecified atom stereocenters. The van der Waals surface area contributed by atoms with Crippen molar-refractivity contribution in [2.45, 2.75) is 59.8 Å². The molecule has 0 spiro atoms. The summed E-state index contributed by atoms with van der Waals surface area (Å²) < 4.78 is 119. The molecule has 3 atom stereocenters. The van der Waals surface area contributed by atoms with Gasteiger partial charge < -0.3 is 10.8 Å². The van der Waals surface area contributed by atoms with Crippen LogP contribution in [0.5, 0.6) is 0 Å². The third kappa shape index (κ3) is 4.09. The number of hydrogen-bond donors (Lipinski definition) is 2. The van der Waals surface area contributed by atoms with Crippen LogP contribution in [0.15, 0.2) is 53.4 Å². The van der Waals surface area contributed by atoms with Gasteiger partial charge in [-0.3, -0.25) is 0 Å². The van der Waals surface area contributed by atoms with Gasteiger partial charge in [0.15, 0.2) is 9.84 Å². The molecule has 0 aliphatic heterocycles. The van der Waals surface area contributed by atoms with E-state index in [1.165, 1.54) is 0 Å². The molecule has 4 nitrogen and oxygen atoms in total. The summed E-state index contributed by atoms with van der Waals surface area (Å²) in [5, 5.41) is 9.64. The van der Waals surface area contributed by atoms with Gasteiger partial charge in [-0.2, -0.15) is 26.3 Å². The Bertz CT molecular complexity index is 1120. The lowest BCUT2D eigenvalue weighted by molar-refractivity contribution is -0.376. The molecule has 1 aliphatic rings. The van der Waals surface area contributed by atoms with Crippen molar-refractivity contribution in [2.75, 3.05) is 0 Å². The molecule has 0 radical (unpaired) electrons. The van der Waals surface area contributed by atoms with E-state index in [-0.39, 0.29) is 41.7 Å². The highest BCUT2D eigenvalue weighted by atomic mass is 32.2. The number of rotatable bonds is 4.